The summed E-state index contributed by atoms with van der Waals surface area (Å²) in [6, 6.07) is 7.42. The molecular formula is C14H12N4O2. The summed E-state index contributed by atoms with van der Waals surface area (Å²) in [5, 5.41) is 17.0. The van der Waals surface area contributed by atoms with Crippen molar-refractivity contribution in [2.24, 2.45) is 0 Å². The lowest BCUT2D eigenvalue weighted by Crippen LogP contribution is -2.10. The second kappa shape index (κ2) is 4.70. The van der Waals surface area contributed by atoms with Crippen LogP contribution in [-0.4, -0.2) is 24.0 Å². The molecule has 0 unspecified atom stereocenters. The van der Waals surface area contributed by atoms with Gasteiger partial charge in [0.05, 0.1) is 5.69 Å². The first-order valence-electron chi connectivity index (χ1n) is 6.07. The third kappa shape index (κ3) is 1.99. The summed E-state index contributed by atoms with van der Waals surface area (Å²) < 4.78 is 10.7. The Morgan fingerprint density at radius 2 is 1.95 bits per heavy atom. The maximum atomic E-state index is 8.80. The number of fused-ring (bicyclic) bond motifs is 1. The van der Waals surface area contributed by atoms with Crippen LogP contribution in [0.25, 0.3) is 11.3 Å². The quantitative estimate of drug-likeness (QED) is 0.613. The van der Waals surface area contributed by atoms with E-state index in [1.54, 1.807) is 13.1 Å². The van der Waals surface area contributed by atoms with E-state index in [-0.39, 0.29) is 6.79 Å². The molecule has 0 N–H and O–H groups in total. The monoisotopic (exact) mass is 268 g/mol. The van der Waals surface area contributed by atoms with Crippen LogP contribution in [0, 0.1) is 18.4 Å². The van der Waals surface area contributed by atoms with Crippen molar-refractivity contribution < 1.29 is 9.47 Å². The van der Waals surface area contributed by atoms with E-state index in [0.717, 1.165) is 22.6 Å². The Morgan fingerprint density at radius 3 is 2.60 bits per heavy atom. The molecule has 6 heteroatoms. The Kier molecular flexibility index (Phi) is 2.88. The summed E-state index contributed by atoms with van der Waals surface area (Å²) in [6.45, 7) is 2.23. The van der Waals surface area contributed by atoms with Crippen LogP contribution in [0.5, 0.6) is 11.5 Å². The standard InChI is InChI=1S/C14H12N4O2/c1-9-5-12-13(20-8-19-12)6-10(9)11-3-4-14(17-16-11)18(2)7-15/h3-6H,8H2,1-2H3. The molecule has 0 radical (unpaired) electrons. The van der Waals surface area contributed by atoms with Crippen molar-refractivity contribution in [1.82, 2.24) is 10.2 Å². The van der Waals surface area contributed by atoms with Gasteiger partial charge in [-0.05, 0) is 36.8 Å². The highest BCUT2D eigenvalue weighted by molar-refractivity contribution is 5.68. The Labute approximate surface area is 116 Å². The lowest BCUT2D eigenvalue weighted by Gasteiger charge is -2.09. The minimum Gasteiger partial charge on any atom is -0.454 e. The van der Waals surface area contributed by atoms with Crippen molar-refractivity contribution >= 4 is 5.82 Å². The molecule has 1 aliphatic rings. The molecule has 100 valence electrons. The Morgan fingerprint density at radius 1 is 1.20 bits per heavy atom. The average Bonchev–Trinajstić information content (AvgIpc) is 2.93. The maximum Gasteiger partial charge on any atom is 0.231 e. The van der Waals surface area contributed by atoms with Gasteiger partial charge < -0.3 is 9.47 Å². The molecule has 0 saturated carbocycles. The van der Waals surface area contributed by atoms with E-state index < -0.39 is 0 Å². The van der Waals surface area contributed by atoms with Gasteiger partial charge in [-0.3, -0.25) is 4.90 Å². The smallest absolute Gasteiger partial charge is 0.231 e. The highest BCUT2D eigenvalue weighted by Crippen LogP contribution is 2.37. The number of benzene rings is 1. The van der Waals surface area contributed by atoms with Crippen molar-refractivity contribution in [2.75, 3.05) is 18.7 Å². The molecule has 0 spiro atoms. The van der Waals surface area contributed by atoms with E-state index >= 15 is 0 Å². The predicted molar refractivity (Wildman–Crippen MR) is 72.3 cm³/mol. The number of ether oxygens (including phenoxy) is 2. The van der Waals surface area contributed by atoms with Gasteiger partial charge in [0.25, 0.3) is 0 Å². The number of anilines is 1. The van der Waals surface area contributed by atoms with Crippen molar-refractivity contribution in [2.45, 2.75) is 6.92 Å². The van der Waals surface area contributed by atoms with E-state index in [2.05, 4.69) is 10.2 Å². The topological polar surface area (TPSA) is 71.3 Å². The van der Waals surface area contributed by atoms with E-state index in [1.807, 2.05) is 31.3 Å². The van der Waals surface area contributed by atoms with Gasteiger partial charge in [-0.25, -0.2) is 0 Å². The number of nitrogens with zero attached hydrogens (tertiary/aromatic N) is 4. The predicted octanol–water partition coefficient (Wildman–Crippen LogP) is 2.10. The fourth-order valence-electron chi connectivity index (χ4n) is 2.02. The molecule has 6 nitrogen and oxygen atoms in total. The molecule has 0 aliphatic carbocycles. The Balaban J connectivity index is 1.99. The molecule has 0 atom stereocenters. The van der Waals surface area contributed by atoms with Crippen molar-refractivity contribution in [3.05, 3.63) is 29.8 Å². The zero-order valence-corrected chi connectivity index (χ0v) is 11.1. The van der Waals surface area contributed by atoms with Crippen LogP contribution < -0.4 is 14.4 Å². The molecule has 1 aliphatic heterocycles. The fraction of sp³-hybridized carbons (Fsp3) is 0.214. The van der Waals surface area contributed by atoms with Crippen molar-refractivity contribution in [1.29, 1.82) is 5.26 Å². The lowest BCUT2D eigenvalue weighted by molar-refractivity contribution is 0.174. The minimum atomic E-state index is 0.246. The maximum absolute atomic E-state index is 8.80. The highest BCUT2D eigenvalue weighted by atomic mass is 16.7. The molecule has 0 amide bonds. The zero-order valence-electron chi connectivity index (χ0n) is 11.1. The lowest BCUT2D eigenvalue weighted by atomic mass is 10.0. The van der Waals surface area contributed by atoms with Gasteiger partial charge in [0.2, 0.25) is 6.79 Å². The number of hydrogen-bond donors (Lipinski definition) is 0. The third-order valence-corrected chi connectivity index (χ3v) is 3.14. The van der Waals surface area contributed by atoms with Crippen LogP contribution >= 0.6 is 0 Å². The van der Waals surface area contributed by atoms with E-state index in [9.17, 15) is 0 Å². The van der Waals surface area contributed by atoms with Crippen LogP contribution in [0.1, 0.15) is 5.56 Å². The van der Waals surface area contributed by atoms with E-state index in [4.69, 9.17) is 14.7 Å². The molecule has 0 bridgehead atoms. The molecule has 0 fully saturated rings. The van der Waals surface area contributed by atoms with Crippen LogP contribution in [0.2, 0.25) is 0 Å². The third-order valence-electron chi connectivity index (χ3n) is 3.14. The molecule has 1 aromatic heterocycles. The first kappa shape index (κ1) is 12.2. The number of aromatic nitrogens is 2. The van der Waals surface area contributed by atoms with Gasteiger partial charge in [-0.15, -0.1) is 10.2 Å². The molecule has 2 heterocycles. The van der Waals surface area contributed by atoms with Crippen LogP contribution in [0.4, 0.5) is 5.82 Å². The first-order chi connectivity index (χ1) is 9.69. The van der Waals surface area contributed by atoms with E-state index in [1.165, 1.54) is 4.90 Å². The van der Waals surface area contributed by atoms with Gasteiger partial charge in [-0.2, -0.15) is 5.26 Å². The Hall–Kier alpha value is -2.81. The summed E-state index contributed by atoms with van der Waals surface area (Å²) in [6.07, 6.45) is 1.98. The molecule has 2 aromatic rings. The number of rotatable bonds is 2. The average molecular weight is 268 g/mol. The van der Waals surface area contributed by atoms with E-state index in [0.29, 0.717) is 11.6 Å². The van der Waals surface area contributed by atoms with Gasteiger partial charge in [0.15, 0.2) is 23.5 Å². The van der Waals surface area contributed by atoms with Gasteiger partial charge in [0.1, 0.15) is 0 Å². The zero-order chi connectivity index (χ0) is 14.1. The van der Waals surface area contributed by atoms with Crippen molar-refractivity contribution in [3.8, 4) is 28.9 Å². The largest absolute Gasteiger partial charge is 0.454 e. The van der Waals surface area contributed by atoms with Crippen LogP contribution in [0.3, 0.4) is 0 Å². The summed E-state index contributed by atoms with van der Waals surface area (Å²) in [4.78, 5) is 1.35. The molecule has 3 rings (SSSR count). The summed E-state index contributed by atoms with van der Waals surface area (Å²) in [5.74, 6) is 1.97. The van der Waals surface area contributed by atoms with Gasteiger partial charge in [-0.1, -0.05) is 0 Å². The SMILES string of the molecule is Cc1cc2c(cc1-c1ccc(N(C)C#N)nn1)OCO2. The second-order valence-corrected chi connectivity index (χ2v) is 4.46. The first-order valence-corrected chi connectivity index (χ1v) is 6.07. The summed E-state index contributed by atoms with van der Waals surface area (Å²) in [7, 11) is 1.63. The van der Waals surface area contributed by atoms with Gasteiger partial charge in [0, 0.05) is 12.6 Å². The van der Waals surface area contributed by atoms with Crippen LogP contribution in [-0.2, 0) is 0 Å². The molecular weight excluding hydrogens is 256 g/mol. The molecule has 0 saturated heterocycles. The van der Waals surface area contributed by atoms with Gasteiger partial charge >= 0.3 is 0 Å². The molecule has 20 heavy (non-hydrogen) atoms. The number of hydrogen-bond acceptors (Lipinski definition) is 6. The minimum absolute atomic E-state index is 0.246. The molecule has 1 aromatic carbocycles. The fourth-order valence-corrected chi connectivity index (χ4v) is 2.02. The van der Waals surface area contributed by atoms with Crippen molar-refractivity contribution in [3.63, 3.8) is 0 Å². The summed E-state index contributed by atoms with van der Waals surface area (Å²) >= 11 is 0. The Bertz CT molecular complexity index is 692. The second-order valence-electron chi connectivity index (χ2n) is 4.46. The normalized spacial score (nSPS) is 12.1. The van der Waals surface area contributed by atoms with Crippen LogP contribution in [0.15, 0.2) is 24.3 Å². The number of aryl methyl sites for hydroxylation is 1. The summed E-state index contributed by atoms with van der Waals surface area (Å²) in [5.41, 5.74) is 2.70. The highest BCUT2D eigenvalue weighted by Gasteiger charge is 2.17. The number of nitriles is 1.